The zero-order valence-corrected chi connectivity index (χ0v) is 9.18. The quantitative estimate of drug-likeness (QED) is 0.866. The van der Waals surface area contributed by atoms with Gasteiger partial charge in [0.25, 0.3) is 0 Å². The smallest absolute Gasteiger partial charge is 0.169 e. The summed E-state index contributed by atoms with van der Waals surface area (Å²) in [6, 6.07) is 2.38. The third kappa shape index (κ3) is 2.11. The molecule has 0 bridgehead atoms. The van der Waals surface area contributed by atoms with Crippen molar-refractivity contribution < 1.29 is 4.42 Å². The molecule has 0 aromatic carbocycles. The second-order valence-electron chi connectivity index (χ2n) is 3.19. The summed E-state index contributed by atoms with van der Waals surface area (Å²) in [6.07, 6.45) is 1.78. The predicted octanol–water partition coefficient (Wildman–Crippen LogP) is 2.96. The van der Waals surface area contributed by atoms with E-state index in [1.807, 2.05) is 13.1 Å². The van der Waals surface area contributed by atoms with Crippen LogP contribution in [-0.4, -0.2) is 7.05 Å². The Morgan fingerprint density at radius 2 is 2.17 bits per heavy atom. The van der Waals surface area contributed by atoms with E-state index < -0.39 is 0 Å². The van der Waals surface area contributed by atoms with Gasteiger partial charge in [0.1, 0.15) is 0 Å². The molecule has 1 N–H and O–H groups in total. The van der Waals surface area contributed by atoms with Crippen molar-refractivity contribution >= 4 is 15.9 Å². The summed E-state index contributed by atoms with van der Waals surface area (Å²) in [7, 11) is 1.96. The van der Waals surface area contributed by atoms with Crippen LogP contribution < -0.4 is 5.32 Å². The molecule has 1 aromatic heterocycles. The molecule has 0 amide bonds. The van der Waals surface area contributed by atoms with Crippen molar-refractivity contribution in [1.29, 1.82) is 0 Å². The molecule has 2 nitrogen and oxygen atoms in total. The number of rotatable bonds is 3. The number of furan rings is 1. The molecule has 0 fully saturated rings. The van der Waals surface area contributed by atoms with E-state index in [9.17, 15) is 0 Å². The fraction of sp³-hybridized carbons (Fsp3) is 0.556. The maximum absolute atomic E-state index is 5.17. The number of nitrogens with one attached hydrogen (secondary N) is 1. The molecule has 12 heavy (non-hydrogen) atoms. The highest BCUT2D eigenvalue weighted by Crippen LogP contribution is 2.25. The molecule has 0 aliphatic carbocycles. The molecule has 1 rings (SSSR count). The molecule has 0 aliphatic rings. The van der Waals surface area contributed by atoms with E-state index in [1.165, 1.54) is 5.56 Å². The Kier molecular flexibility index (Phi) is 3.35. The fourth-order valence-electron chi connectivity index (χ4n) is 1.37. The van der Waals surface area contributed by atoms with Gasteiger partial charge in [0.15, 0.2) is 4.67 Å². The van der Waals surface area contributed by atoms with Crippen LogP contribution in [0.3, 0.4) is 0 Å². The van der Waals surface area contributed by atoms with Crippen molar-refractivity contribution in [3.63, 3.8) is 0 Å². The Morgan fingerprint density at radius 1 is 1.50 bits per heavy atom. The van der Waals surface area contributed by atoms with Crippen LogP contribution in [0.4, 0.5) is 0 Å². The number of hydrogen-bond acceptors (Lipinski definition) is 2. The Bertz CT molecular complexity index is 244. The zero-order valence-electron chi connectivity index (χ0n) is 7.60. The van der Waals surface area contributed by atoms with Crippen molar-refractivity contribution in [2.24, 2.45) is 5.92 Å². The normalized spacial score (nSPS) is 13.8. The highest BCUT2D eigenvalue weighted by molar-refractivity contribution is 9.10. The van der Waals surface area contributed by atoms with Gasteiger partial charge in [0.05, 0.1) is 6.26 Å². The standard InChI is InChI=1S/C9H14BrNO/c1-6(2)9(11-3)7-4-8(10)12-5-7/h4-6,9,11H,1-3H3. The van der Waals surface area contributed by atoms with Crippen LogP contribution in [0.25, 0.3) is 0 Å². The second-order valence-corrected chi connectivity index (χ2v) is 3.98. The average Bonchev–Trinajstić information content (AvgIpc) is 2.37. The van der Waals surface area contributed by atoms with Crippen LogP contribution in [0.5, 0.6) is 0 Å². The minimum atomic E-state index is 0.375. The summed E-state index contributed by atoms with van der Waals surface area (Å²) < 4.78 is 5.96. The number of hydrogen-bond donors (Lipinski definition) is 1. The van der Waals surface area contributed by atoms with Gasteiger partial charge in [0, 0.05) is 11.6 Å². The third-order valence-corrected chi connectivity index (χ3v) is 2.34. The minimum Gasteiger partial charge on any atom is -0.457 e. The van der Waals surface area contributed by atoms with Crippen molar-refractivity contribution in [2.45, 2.75) is 19.9 Å². The summed E-state index contributed by atoms with van der Waals surface area (Å²) in [5, 5.41) is 3.25. The summed E-state index contributed by atoms with van der Waals surface area (Å²) >= 11 is 3.28. The zero-order chi connectivity index (χ0) is 9.14. The third-order valence-electron chi connectivity index (χ3n) is 1.92. The molecular weight excluding hydrogens is 218 g/mol. The second kappa shape index (κ2) is 4.10. The average molecular weight is 232 g/mol. The summed E-state index contributed by atoms with van der Waals surface area (Å²) in [6.45, 7) is 4.37. The molecule has 0 radical (unpaired) electrons. The lowest BCUT2D eigenvalue weighted by Gasteiger charge is -2.17. The molecule has 1 unspecified atom stereocenters. The topological polar surface area (TPSA) is 25.2 Å². The van der Waals surface area contributed by atoms with Gasteiger partial charge in [-0.25, -0.2) is 0 Å². The highest BCUT2D eigenvalue weighted by Gasteiger charge is 2.15. The molecule has 68 valence electrons. The fourth-order valence-corrected chi connectivity index (χ4v) is 1.73. The van der Waals surface area contributed by atoms with Crippen molar-refractivity contribution in [2.75, 3.05) is 7.05 Å². The van der Waals surface area contributed by atoms with Gasteiger partial charge in [-0.15, -0.1) is 0 Å². The van der Waals surface area contributed by atoms with Crippen LogP contribution in [0.1, 0.15) is 25.5 Å². The van der Waals surface area contributed by atoms with Gasteiger partial charge in [-0.1, -0.05) is 13.8 Å². The summed E-state index contributed by atoms with van der Waals surface area (Å²) in [5.74, 6) is 0.569. The molecule has 0 aliphatic heterocycles. The van der Waals surface area contributed by atoms with Gasteiger partial charge in [-0.05, 0) is 35.0 Å². The molecular formula is C9H14BrNO. The number of halogens is 1. The monoisotopic (exact) mass is 231 g/mol. The van der Waals surface area contributed by atoms with E-state index in [-0.39, 0.29) is 0 Å². The van der Waals surface area contributed by atoms with E-state index in [1.54, 1.807) is 6.26 Å². The van der Waals surface area contributed by atoms with Gasteiger partial charge in [-0.2, -0.15) is 0 Å². The van der Waals surface area contributed by atoms with E-state index >= 15 is 0 Å². The first-order chi connectivity index (χ1) is 5.65. The highest BCUT2D eigenvalue weighted by atomic mass is 79.9. The van der Waals surface area contributed by atoms with Gasteiger partial charge >= 0.3 is 0 Å². The molecule has 0 saturated carbocycles. The van der Waals surface area contributed by atoms with Crippen LogP contribution in [0.2, 0.25) is 0 Å². The van der Waals surface area contributed by atoms with Crippen molar-refractivity contribution in [3.8, 4) is 0 Å². The largest absolute Gasteiger partial charge is 0.457 e. The van der Waals surface area contributed by atoms with Gasteiger partial charge in [0.2, 0.25) is 0 Å². The van der Waals surface area contributed by atoms with Crippen LogP contribution in [0.15, 0.2) is 21.4 Å². The summed E-state index contributed by atoms with van der Waals surface area (Å²) in [5.41, 5.74) is 1.19. The lowest BCUT2D eigenvalue weighted by atomic mass is 9.99. The minimum absolute atomic E-state index is 0.375. The molecule has 1 heterocycles. The molecule has 1 aromatic rings. The van der Waals surface area contributed by atoms with Crippen LogP contribution in [-0.2, 0) is 0 Å². The lowest BCUT2D eigenvalue weighted by Crippen LogP contribution is -2.20. The maximum Gasteiger partial charge on any atom is 0.169 e. The first-order valence-corrected chi connectivity index (χ1v) is 4.85. The van der Waals surface area contributed by atoms with Crippen molar-refractivity contribution in [3.05, 3.63) is 22.6 Å². The lowest BCUT2D eigenvalue weighted by molar-refractivity contribution is 0.436. The first-order valence-electron chi connectivity index (χ1n) is 4.06. The molecule has 1 atom stereocenters. The Morgan fingerprint density at radius 3 is 2.50 bits per heavy atom. The van der Waals surface area contributed by atoms with E-state index in [0.29, 0.717) is 12.0 Å². The van der Waals surface area contributed by atoms with Crippen molar-refractivity contribution in [1.82, 2.24) is 5.32 Å². The summed E-state index contributed by atoms with van der Waals surface area (Å²) in [4.78, 5) is 0. The SMILES string of the molecule is CNC(c1coc(Br)c1)C(C)C. The van der Waals surface area contributed by atoms with E-state index in [2.05, 4.69) is 35.1 Å². The van der Waals surface area contributed by atoms with Gasteiger partial charge in [-0.3, -0.25) is 0 Å². The maximum atomic E-state index is 5.17. The molecule has 0 saturated heterocycles. The molecule has 0 spiro atoms. The van der Waals surface area contributed by atoms with Gasteiger partial charge < -0.3 is 9.73 Å². The Balaban J connectivity index is 2.80. The van der Waals surface area contributed by atoms with E-state index in [4.69, 9.17) is 4.42 Å². The van der Waals surface area contributed by atoms with E-state index in [0.717, 1.165) is 4.67 Å². The van der Waals surface area contributed by atoms with Crippen LogP contribution >= 0.6 is 15.9 Å². The van der Waals surface area contributed by atoms with Crippen LogP contribution in [0, 0.1) is 5.92 Å². The first kappa shape index (κ1) is 9.81. The Labute approximate surface area is 81.5 Å². The Hall–Kier alpha value is -0.280. The molecule has 3 heteroatoms. The predicted molar refractivity (Wildman–Crippen MR) is 53.0 cm³/mol.